The van der Waals surface area contributed by atoms with E-state index in [4.69, 9.17) is 12.3 Å². The number of sulfonamides is 1. The van der Waals surface area contributed by atoms with E-state index < -0.39 is 52.7 Å². The number of rotatable bonds is 4. The quantitative estimate of drug-likeness (QED) is 0.861. The summed E-state index contributed by atoms with van der Waals surface area (Å²) in [5.41, 5.74) is -3.62. The molecule has 25 heavy (non-hydrogen) atoms. The minimum Gasteiger partial charge on any atom is -0.345 e. The second kappa shape index (κ2) is 6.61. The van der Waals surface area contributed by atoms with Crippen LogP contribution in [0.3, 0.4) is 0 Å². The van der Waals surface area contributed by atoms with Crippen LogP contribution < -0.4 is 10.0 Å². The molecule has 2 aromatic rings. The molecule has 0 spiro atoms. The molecular weight excluding hydrogens is 345 g/mol. The molecule has 0 saturated heterocycles. The molecule has 6 nitrogen and oxygen atoms in total. The number of hydrogen-bond donors (Lipinski definition) is 2. The van der Waals surface area contributed by atoms with Crippen molar-refractivity contribution in [1.29, 1.82) is 0 Å². The van der Waals surface area contributed by atoms with Gasteiger partial charge in [0.2, 0.25) is 10.0 Å². The molecule has 0 aliphatic rings. The van der Waals surface area contributed by atoms with Crippen molar-refractivity contribution < 1.29 is 29.9 Å². The zero-order valence-corrected chi connectivity index (χ0v) is 14.2. The normalized spacial score (nSPS) is 19.1. The highest BCUT2D eigenvalue weighted by Crippen LogP contribution is 2.18. The van der Waals surface area contributed by atoms with E-state index >= 15 is 0 Å². The summed E-state index contributed by atoms with van der Waals surface area (Å²) in [6.07, 6.45) is 0.885. The number of hydrogen-bond acceptors (Lipinski definition) is 3. The van der Waals surface area contributed by atoms with Gasteiger partial charge in [-0.25, -0.2) is 17.5 Å². The molecule has 0 bridgehead atoms. The number of aromatic nitrogens is 1. The summed E-state index contributed by atoms with van der Waals surface area (Å²) in [6, 6.07) is 4.55. The van der Waals surface area contributed by atoms with Crippen LogP contribution in [0.2, 0.25) is 0 Å². The highest BCUT2D eigenvalue weighted by atomic mass is 32.2. The molecule has 0 unspecified atom stereocenters. The Hall–Kier alpha value is -2.19. The zero-order chi connectivity index (χ0) is 26.5. The molecule has 1 aromatic heterocycles. The van der Waals surface area contributed by atoms with Gasteiger partial charge in [-0.15, -0.1) is 0 Å². The lowest BCUT2D eigenvalue weighted by molar-refractivity contribution is 0.101. The van der Waals surface area contributed by atoms with Crippen molar-refractivity contribution in [3.63, 3.8) is 0 Å². The second-order valence-electron chi connectivity index (χ2n) is 5.45. The SMILES string of the molecule is [2H]C([2H])([2H])C(NS(=O)(=O)c1cc(C(=O)Nc2ccc(F)c(C)c2)n(C)c1)(C([2H])([2H])[2H])C([2H])([2H])[2H]. The summed E-state index contributed by atoms with van der Waals surface area (Å²) in [6.45, 7) is -9.93. The van der Waals surface area contributed by atoms with Crippen LogP contribution in [0.4, 0.5) is 10.1 Å². The third-order valence-electron chi connectivity index (χ3n) is 3.23. The average Bonchev–Trinajstić information content (AvgIpc) is 3.02. The molecule has 8 heteroatoms. The Balaban J connectivity index is 2.50. The van der Waals surface area contributed by atoms with Gasteiger partial charge in [0.1, 0.15) is 16.4 Å². The summed E-state index contributed by atoms with van der Waals surface area (Å²) in [5.74, 6) is -1.32. The first-order chi connectivity index (χ1) is 15.1. The lowest BCUT2D eigenvalue weighted by atomic mass is 10.1. The third-order valence-corrected chi connectivity index (χ3v) is 4.64. The van der Waals surface area contributed by atoms with E-state index in [1.165, 1.54) is 30.8 Å². The molecule has 2 N–H and O–H groups in total. The van der Waals surface area contributed by atoms with Gasteiger partial charge in [-0.2, -0.15) is 0 Å². The van der Waals surface area contributed by atoms with E-state index in [0.29, 0.717) is 0 Å². The third kappa shape index (κ3) is 4.67. The van der Waals surface area contributed by atoms with Crippen LogP contribution >= 0.6 is 0 Å². The molecule has 0 atom stereocenters. The maximum Gasteiger partial charge on any atom is 0.272 e. The lowest BCUT2D eigenvalue weighted by Gasteiger charge is -2.19. The Labute approximate surface area is 159 Å². The van der Waals surface area contributed by atoms with E-state index in [-0.39, 0.29) is 16.9 Å². The molecule has 0 aliphatic heterocycles. The van der Waals surface area contributed by atoms with Gasteiger partial charge in [0.15, 0.2) is 0 Å². The number of halogens is 1. The van der Waals surface area contributed by atoms with Crippen molar-refractivity contribution in [3.8, 4) is 0 Å². The summed E-state index contributed by atoms with van der Waals surface area (Å²) >= 11 is 0. The number of aryl methyl sites for hydroxylation is 2. The minimum absolute atomic E-state index is 0.207. The first-order valence-electron chi connectivity index (χ1n) is 11.4. The molecule has 0 saturated carbocycles. The first-order valence-corrected chi connectivity index (χ1v) is 8.40. The van der Waals surface area contributed by atoms with E-state index in [9.17, 15) is 17.6 Å². The standard InChI is InChI=1S/C17H22FN3O3S/c1-11-8-12(6-7-14(11)18)19-16(22)15-9-13(10-21(15)5)25(23,24)20-17(2,3)4/h6-10,20H,1-5H3,(H,19,22)/i2D3,3D3,4D3. The van der Waals surface area contributed by atoms with Crippen LogP contribution in [0.15, 0.2) is 35.4 Å². The Morgan fingerprint density at radius 2 is 1.96 bits per heavy atom. The fraction of sp³-hybridized carbons (Fsp3) is 0.353. The van der Waals surface area contributed by atoms with Crippen molar-refractivity contribution >= 4 is 21.6 Å². The monoisotopic (exact) mass is 376 g/mol. The number of anilines is 1. The van der Waals surface area contributed by atoms with Crippen molar-refractivity contribution in [2.75, 3.05) is 5.32 Å². The molecule has 2 rings (SSSR count). The molecule has 1 heterocycles. The topological polar surface area (TPSA) is 80.2 Å². The van der Waals surface area contributed by atoms with Crippen molar-refractivity contribution in [2.24, 2.45) is 7.05 Å². The molecule has 0 fully saturated rings. The van der Waals surface area contributed by atoms with Crippen molar-refractivity contribution in [1.82, 2.24) is 9.29 Å². The molecule has 1 amide bonds. The smallest absolute Gasteiger partial charge is 0.272 e. The van der Waals surface area contributed by atoms with Gasteiger partial charge < -0.3 is 9.88 Å². The molecule has 136 valence electrons. The van der Waals surface area contributed by atoms with Gasteiger partial charge >= 0.3 is 0 Å². The zero-order valence-electron chi connectivity index (χ0n) is 22.3. The second-order valence-corrected chi connectivity index (χ2v) is 7.13. The van der Waals surface area contributed by atoms with Crippen LogP contribution in [0.1, 0.15) is 48.9 Å². The molecule has 1 aromatic carbocycles. The van der Waals surface area contributed by atoms with Crippen LogP contribution in [-0.2, 0) is 17.1 Å². The van der Waals surface area contributed by atoms with Gasteiger partial charge in [0.25, 0.3) is 5.91 Å². The predicted octanol–water partition coefficient (Wildman–Crippen LogP) is 2.80. The van der Waals surface area contributed by atoms with Crippen LogP contribution in [-0.4, -0.2) is 24.4 Å². The number of carbonyl (C=O) groups is 1. The van der Waals surface area contributed by atoms with Crippen LogP contribution in [0, 0.1) is 12.7 Å². The van der Waals surface area contributed by atoms with Gasteiger partial charge in [-0.1, -0.05) is 0 Å². The Morgan fingerprint density at radius 3 is 2.56 bits per heavy atom. The fourth-order valence-corrected chi connectivity index (χ4v) is 3.17. The number of benzene rings is 1. The number of carbonyl (C=O) groups excluding carboxylic acids is 1. The van der Waals surface area contributed by atoms with Crippen LogP contribution in [0.25, 0.3) is 0 Å². The number of nitrogens with one attached hydrogen (secondary N) is 2. The number of amides is 1. The Kier molecular flexibility index (Phi) is 2.66. The highest BCUT2D eigenvalue weighted by Gasteiger charge is 2.25. The van der Waals surface area contributed by atoms with Crippen LogP contribution in [0.5, 0.6) is 0 Å². The van der Waals surface area contributed by atoms with Gasteiger partial charge in [0, 0.05) is 36.8 Å². The van der Waals surface area contributed by atoms with Crippen molar-refractivity contribution in [2.45, 2.75) is 37.9 Å². The fourth-order valence-electron chi connectivity index (χ4n) is 2.08. The first kappa shape index (κ1) is 10.1. The summed E-state index contributed by atoms with van der Waals surface area (Å²) in [4.78, 5) is 11.9. The van der Waals surface area contributed by atoms with E-state index in [1.54, 1.807) is 0 Å². The predicted molar refractivity (Wildman–Crippen MR) is 94.6 cm³/mol. The van der Waals surface area contributed by atoms with Gasteiger partial charge in [-0.3, -0.25) is 4.79 Å². The summed E-state index contributed by atoms with van der Waals surface area (Å²) in [7, 11) is -3.78. The lowest BCUT2D eigenvalue weighted by Crippen LogP contribution is -2.40. The summed E-state index contributed by atoms with van der Waals surface area (Å²) in [5, 5.41) is 2.44. The summed E-state index contributed by atoms with van der Waals surface area (Å²) < 4.78 is 110. The van der Waals surface area contributed by atoms with Gasteiger partial charge in [-0.05, 0) is 57.3 Å². The average molecular weight is 377 g/mol. The van der Waals surface area contributed by atoms with E-state index in [0.717, 1.165) is 22.9 Å². The maximum absolute atomic E-state index is 13.4. The molecule has 0 radical (unpaired) electrons. The Morgan fingerprint density at radius 1 is 1.28 bits per heavy atom. The number of nitrogens with zero attached hydrogens (tertiary/aromatic N) is 1. The molecular formula is C17H22FN3O3S. The Bertz CT molecular complexity index is 1170. The minimum atomic E-state index is -5.07. The van der Waals surface area contributed by atoms with Gasteiger partial charge in [0.05, 0.1) is 0 Å². The van der Waals surface area contributed by atoms with Crippen molar-refractivity contribution in [3.05, 3.63) is 47.5 Å². The maximum atomic E-state index is 13.4. The largest absolute Gasteiger partial charge is 0.345 e. The van der Waals surface area contributed by atoms with E-state index in [2.05, 4.69) is 5.32 Å². The highest BCUT2D eigenvalue weighted by molar-refractivity contribution is 7.89. The molecule has 0 aliphatic carbocycles. The van der Waals surface area contributed by atoms with E-state index in [1.807, 2.05) is 0 Å².